The van der Waals surface area contributed by atoms with Gasteiger partial charge in [-0.05, 0) is 77.4 Å². The van der Waals surface area contributed by atoms with Gasteiger partial charge in [0.2, 0.25) is 0 Å². The zero-order chi connectivity index (χ0) is 30.7. The van der Waals surface area contributed by atoms with E-state index < -0.39 is 17.8 Å². The maximum Gasteiger partial charge on any atom is 0.435 e. The highest BCUT2D eigenvalue weighted by Gasteiger charge is 2.36. The molecule has 4 N–H and O–H groups in total. The molecule has 1 atom stereocenters. The van der Waals surface area contributed by atoms with E-state index in [1.807, 2.05) is 36.4 Å². The van der Waals surface area contributed by atoms with Crippen molar-refractivity contribution in [1.29, 1.82) is 0 Å². The van der Waals surface area contributed by atoms with Gasteiger partial charge in [0, 0.05) is 18.3 Å². The maximum absolute atomic E-state index is 13.7. The quantitative estimate of drug-likeness (QED) is 0.158. The second-order valence-electron chi connectivity index (χ2n) is 11.1. The monoisotopic (exact) mass is 595 g/mol. The molecule has 1 fully saturated rings. The molecule has 1 saturated carbocycles. The van der Waals surface area contributed by atoms with Crippen molar-refractivity contribution in [1.82, 2.24) is 15.1 Å². The van der Waals surface area contributed by atoms with Crippen molar-refractivity contribution >= 4 is 11.6 Å². The number of anilines is 1. The van der Waals surface area contributed by atoms with E-state index in [1.165, 1.54) is 12.8 Å². The van der Waals surface area contributed by atoms with Gasteiger partial charge in [0.15, 0.2) is 5.69 Å². The lowest BCUT2D eigenvalue weighted by Crippen LogP contribution is -2.25. The van der Waals surface area contributed by atoms with Crippen molar-refractivity contribution in [3.05, 3.63) is 137 Å². The van der Waals surface area contributed by atoms with Gasteiger partial charge in [0.1, 0.15) is 5.69 Å². The standard InChI is InChI=1S/C35H32F3N5O/c36-35(37,38)32-20-31(43(42-32)30-11-4-6-24(18-30)21-39)34(44)41-29-10-5-9-28(19-29)33(40-22-23-12-13-23)27-16-14-26(15-17-27)25-7-2-1-3-8-25/h1-11,14-20,23,33,40H,12-13,21-22,39H2,(H,41,44). The Labute approximate surface area is 253 Å². The fourth-order valence-corrected chi connectivity index (χ4v) is 5.22. The smallest absolute Gasteiger partial charge is 0.326 e. The van der Waals surface area contributed by atoms with E-state index in [9.17, 15) is 18.0 Å². The Hall–Kier alpha value is -4.73. The topological polar surface area (TPSA) is 85.0 Å². The Morgan fingerprint density at radius 2 is 1.59 bits per heavy atom. The van der Waals surface area contributed by atoms with Crippen LogP contribution in [-0.4, -0.2) is 22.2 Å². The molecule has 6 nitrogen and oxygen atoms in total. The highest BCUT2D eigenvalue weighted by molar-refractivity contribution is 6.03. The van der Waals surface area contributed by atoms with E-state index in [1.54, 1.807) is 30.3 Å². The van der Waals surface area contributed by atoms with Crippen molar-refractivity contribution in [2.75, 3.05) is 11.9 Å². The number of aromatic nitrogens is 2. The van der Waals surface area contributed by atoms with E-state index >= 15 is 0 Å². The summed E-state index contributed by atoms with van der Waals surface area (Å²) in [5.74, 6) is -0.0668. The van der Waals surface area contributed by atoms with Gasteiger partial charge in [-0.1, -0.05) is 78.9 Å². The molecule has 1 aliphatic carbocycles. The third kappa shape index (κ3) is 6.74. The molecule has 0 spiro atoms. The molecule has 9 heteroatoms. The molecule has 6 rings (SSSR count). The number of alkyl halides is 3. The fraction of sp³-hybridized carbons (Fsp3) is 0.200. The molecule has 1 unspecified atom stereocenters. The molecule has 1 amide bonds. The molecule has 224 valence electrons. The number of rotatable bonds is 10. The molecular formula is C35H32F3N5O. The maximum atomic E-state index is 13.7. The van der Waals surface area contributed by atoms with Crippen LogP contribution in [0.15, 0.2) is 109 Å². The van der Waals surface area contributed by atoms with E-state index in [4.69, 9.17) is 5.73 Å². The van der Waals surface area contributed by atoms with E-state index in [2.05, 4.69) is 52.1 Å². The minimum atomic E-state index is -4.72. The zero-order valence-corrected chi connectivity index (χ0v) is 23.9. The van der Waals surface area contributed by atoms with Crippen LogP contribution in [0.3, 0.4) is 0 Å². The van der Waals surface area contributed by atoms with Crippen LogP contribution in [0.25, 0.3) is 16.8 Å². The Kier molecular flexibility index (Phi) is 8.32. The van der Waals surface area contributed by atoms with Crippen molar-refractivity contribution in [3.63, 3.8) is 0 Å². The summed E-state index contributed by atoms with van der Waals surface area (Å²) >= 11 is 0. The summed E-state index contributed by atoms with van der Waals surface area (Å²) in [5, 5.41) is 10.2. The molecule has 44 heavy (non-hydrogen) atoms. The van der Waals surface area contributed by atoms with Gasteiger partial charge in [-0.25, -0.2) is 4.68 Å². The molecule has 1 aromatic heterocycles. The first-order chi connectivity index (χ1) is 21.3. The average Bonchev–Trinajstić information content (AvgIpc) is 3.75. The Balaban J connectivity index is 1.29. The molecule has 4 aromatic carbocycles. The van der Waals surface area contributed by atoms with Gasteiger partial charge >= 0.3 is 6.18 Å². The van der Waals surface area contributed by atoms with Crippen LogP contribution in [0.4, 0.5) is 18.9 Å². The highest BCUT2D eigenvalue weighted by atomic mass is 19.4. The van der Waals surface area contributed by atoms with Crippen LogP contribution in [0.2, 0.25) is 0 Å². The Morgan fingerprint density at radius 1 is 0.864 bits per heavy atom. The lowest BCUT2D eigenvalue weighted by atomic mass is 9.95. The number of nitrogens with two attached hydrogens (primary N) is 1. The van der Waals surface area contributed by atoms with Crippen molar-refractivity contribution in [2.24, 2.45) is 11.7 Å². The first-order valence-corrected chi connectivity index (χ1v) is 14.6. The molecule has 1 heterocycles. The van der Waals surface area contributed by atoms with E-state index in [-0.39, 0.29) is 18.3 Å². The summed E-state index contributed by atoms with van der Waals surface area (Å²) in [6.07, 6.45) is -2.32. The molecule has 1 aliphatic rings. The van der Waals surface area contributed by atoms with E-state index in [0.29, 0.717) is 22.9 Å². The highest BCUT2D eigenvalue weighted by Crippen LogP contribution is 2.33. The normalized spacial score (nSPS) is 13.9. The Bertz CT molecular complexity index is 1740. The number of nitrogens with zero attached hydrogens (tertiary/aromatic N) is 2. The number of carbonyl (C=O) groups excluding carboxylic acids is 1. The summed E-state index contributed by atoms with van der Waals surface area (Å²) in [6.45, 7) is 1.06. The van der Waals surface area contributed by atoms with Crippen LogP contribution in [0.1, 0.15) is 51.8 Å². The molecule has 0 aliphatic heterocycles. The number of hydrogen-bond donors (Lipinski definition) is 3. The van der Waals surface area contributed by atoms with E-state index in [0.717, 1.165) is 39.5 Å². The summed E-state index contributed by atoms with van der Waals surface area (Å²) < 4.78 is 42.0. The first kappa shape index (κ1) is 29.3. The fourth-order valence-electron chi connectivity index (χ4n) is 5.22. The predicted molar refractivity (Wildman–Crippen MR) is 165 cm³/mol. The van der Waals surface area contributed by atoms with Gasteiger partial charge in [-0.3, -0.25) is 4.79 Å². The minimum Gasteiger partial charge on any atom is -0.326 e. The minimum absolute atomic E-state index is 0.140. The SMILES string of the molecule is NCc1cccc(-n2nc(C(F)(F)F)cc2C(=O)Nc2cccc(C(NCC3CC3)c3ccc(-c4ccccc4)cc3)c2)c1. The van der Waals surface area contributed by atoms with Crippen LogP contribution >= 0.6 is 0 Å². The number of amides is 1. The average molecular weight is 596 g/mol. The summed E-state index contributed by atoms with van der Waals surface area (Å²) in [7, 11) is 0. The zero-order valence-electron chi connectivity index (χ0n) is 23.9. The lowest BCUT2D eigenvalue weighted by Gasteiger charge is -2.21. The van der Waals surface area contributed by atoms with Crippen molar-refractivity contribution < 1.29 is 18.0 Å². The van der Waals surface area contributed by atoms with Crippen LogP contribution in [0.5, 0.6) is 0 Å². The number of halogens is 3. The number of hydrogen-bond acceptors (Lipinski definition) is 4. The van der Waals surface area contributed by atoms with Gasteiger partial charge in [0.25, 0.3) is 5.91 Å². The van der Waals surface area contributed by atoms with Gasteiger partial charge in [-0.2, -0.15) is 18.3 Å². The molecule has 0 saturated heterocycles. The molecule has 5 aromatic rings. The van der Waals surface area contributed by atoms with Gasteiger partial charge in [0.05, 0.1) is 11.7 Å². The summed E-state index contributed by atoms with van der Waals surface area (Å²) in [6, 6.07) is 33.2. The first-order valence-electron chi connectivity index (χ1n) is 14.6. The van der Waals surface area contributed by atoms with Crippen LogP contribution in [-0.2, 0) is 12.7 Å². The van der Waals surface area contributed by atoms with Crippen LogP contribution in [0, 0.1) is 5.92 Å². The largest absolute Gasteiger partial charge is 0.435 e. The summed E-state index contributed by atoms with van der Waals surface area (Å²) in [5.41, 5.74) is 10.1. The molecular weight excluding hydrogens is 563 g/mol. The third-order valence-electron chi connectivity index (χ3n) is 7.76. The number of benzene rings is 4. The molecule has 0 bridgehead atoms. The lowest BCUT2D eigenvalue weighted by molar-refractivity contribution is -0.141. The number of nitrogens with one attached hydrogen (secondary N) is 2. The van der Waals surface area contributed by atoms with Crippen molar-refractivity contribution in [2.45, 2.75) is 31.6 Å². The number of carbonyl (C=O) groups is 1. The van der Waals surface area contributed by atoms with Gasteiger partial charge < -0.3 is 16.4 Å². The predicted octanol–water partition coefficient (Wildman–Crippen LogP) is 7.36. The summed E-state index contributed by atoms with van der Waals surface area (Å²) in [4.78, 5) is 13.5. The second-order valence-corrected chi connectivity index (χ2v) is 11.1. The molecule has 0 radical (unpaired) electrons. The Morgan fingerprint density at radius 3 is 2.30 bits per heavy atom. The van der Waals surface area contributed by atoms with Gasteiger partial charge in [-0.15, -0.1) is 0 Å². The third-order valence-corrected chi connectivity index (χ3v) is 7.76. The van der Waals surface area contributed by atoms with Crippen molar-refractivity contribution in [3.8, 4) is 16.8 Å². The second kappa shape index (κ2) is 12.5. The van der Waals surface area contributed by atoms with Crippen LogP contribution < -0.4 is 16.4 Å².